The van der Waals surface area contributed by atoms with Gasteiger partial charge in [-0.1, -0.05) is 26.8 Å². The van der Waals surface area contributed by atoms with Crippen LogP contribution >= 0.6 is 0 Å². The molecule has 2 heteroatoms. The van der Waals surface area contributed by atoms with Crippen molar-refractivity contribution in [1.29, 1.82) is 0 Å². The van der Waals surface area contributed by atoms with Crippen molar-refractivity contribution >= 4 is 0 Å². The molecule has 0 amide bonds. The molecule has 2 rings (SSSR count). The van der Waals surface area contributed by atoms with Crippen LogP contribution in [0.1, 0.15) is 51.5 Å². The van der Waals surface area contributed by atoms with Crippen molar-refractivity contribution in [2.75, 3.05) is 13.1 Å². The first kappa shape index (κ1) is 14.5. The van der Waals surface area contributed by atoms with Crippen LogP contribution in [0.2, 0.25) is 0 Å². The van der Waals surface area contributed by atoms with Gasteiger partial charge in [-0.3, -0.25) is 4.98 Å². The van der Waals surface area contributed by atoms with E-state index in [0.717, 1.165) is 30.8 Å². The van der Waals surface area contributed by atoms with Crippen molar-refractivity contribution in [2.24, 2.45) is 17.8 Å². The van der Waals surface area contributed by atoms with Crippen LogP contribution < -0.4 is 5.32 Å². The average Bonchev–Trinajstić information content (AvgIpc) is 2.45. The number of nitrogens with zero attached hydrogens (tertiary/aromatic N) is 1. The van der Waals surface area contributed by atoms with Gasteiger partial charge in [0, 0.05) is 12.4 Å². The van der Waals surface area contributed by atoms with E-state index in [9.17, 15) is 0 Å². The van der Waals surface area contributed by atoms with Gasteiger partial charge in [0.05, 0.1) is 0 Å². The zero-order valence-corrected chi connectivity index (χ0v) is 12.6. The third-order valence-corrected chi connectivity index (χ3v) is 4.75. The molecule has 2 nitrogen and oxygen atoms in total. The van der Waals surface area contributed by atoms with Crippen LogP contribution in [0.25, 0.3) is 0 Å². The fourth-order valence-electron chi connectivity index (χ4n) is 3.45. The Morgan fingerprint density at radius 1 is 1.37 bits per heavy atom. The Hall–Kier alpha value is -0.890. The Balaban J connectivity index is 2.11. The van der Waals surface area contributed by atoms with E-state index in [1.54, 1.807) is 0 Å². The van der Waals surface area contributed by atoms with E-state index in [0.29, 0.717) is 5.92 Å². The van der Waals surface area contributed by atoms with Crippen LogP contribution in [-0.4, -0.2) is 18.1 Å². The van der Waals surface area contributed by atoms with Crippen molar-refractivity contribution in [3.8, 4) is 0 Å². The number of hydrogen-bond acceptors (Lipinski definition) is 2. The summed E-state index contributed by atoms with van der Waals surface area (Å²) in [6, 6.07) is 4.35. The molecule has 0 saturated heterocycles. The smallest absolute Gasteiger partial charge is 0.0302 e. The van der Waals surface area contributed by atoms with Crippen molar-refractivity contribution < 1.29 is 0 Å². The van der Waals surface area contributed by atoms with Gasteiger partial charge in [-0.2, -0.15) is 0 Å². The van der Waals surface area contributed by atoms with E-state index in [2.05, 4.69) is 49.4 Å². The molecule has 0 spiro atoms. The molecule has 1 fully saturated rings. The van der Waals surface area contributed by atoms with Gasteiger partial charge in [-0.15, -0.1) is 0 Å². The van der Waals surface area contributed by atoms with E-state index in [1.807, 2.05) is 6.20 Å². The van der Waals surface area contributed by atoms with Crippen LogP contribution in [0, 0.1) is 17.8 Å². The molecular weight excluding hydrogens is 232 g/mol. The second kappa shape index (κ2) is 7.04. The minimum atomic E-state index is 0.689. The lowest BCUT2D eigenvalue weighted by Crippen LogP contribution is -2.33. The molecule has 1 saturated carbocycles. The first-order valence-corrected chi connectivity index (χ1v) is 7.83. The van der Waals surface area contributed by atoms with Crippen LogP contribution in [-0.2, 0) is 0 Å². The molecule has 1 heterocycles. The van der Waals surface area contributed by atoms with Gasteiger partial charge in [0.25, 0.3) is 0 Å². The molecule has 1 aliphatic carbocycles. The Kier molecular flexibility index (Phi) is 5.38. The monoisotopic (exact) mass is 260 g/mol. The largest absolute Gasteiger partial charge is 0.317 e. The predicted octanol–water partition coefficient (Wildman–Crippen LogP) is 3.85. The van der Waals surface area contributed by atoms with Gasteiger partial charge in [0.15, 0.2) is 0 Å². The highest BCUT2D eigenvalue weighted by Gasteiger charge is 2.32. The number of pyridine rings is 1. The van der Waals surface area contributed by atoms with Gasteiger partial charge < -0.3 is 5.32 Å². The Morgan fingerprint density at radius 3 is 2.84 bits per heavy atom. The predicted molar refractivity (Wildman–Crippen MR) is 81.2 cm³/mol. The van der Waals surface area contributed by atoms with Gasteiger partial charge >= 0.3 is 0 Å². The van der Waals surface area contributed by atoms with E-state index < -0.39 is 0 Å². The van der Waals surface area contributed by atoms with Crippen molar-refractivity contribution in [2.45, 2.75) is 46.0 Å². The highest BCUT2D eigenvalue weighted by molar-refractivity contribution is 5.17. The first-order chi connectivity index (χ1) is 9.22. The minimum Gasteiger partial charge on any atom is -0.317 e. The molecule has 0 radical (unpaired) electrons. The molecular formula is C17H28N2. The molecule has 1 aliphatic rings. The van der Waals surface area contributed by atoms with E-state index in [4.69, 9.17) is 0 Å². The van der Waals surface area contributed by atoms with Crippen LogP contribution in [0.4, 0.5) is 0 Å². The summed E-state index contributed by atoms with van der Waals surface area (Å²) in [4.78, 5) is 4.32. The van der Waals surface area contributed by atoms with Gasteiger partial charge in [-0.25, -0.2) is 0 Å². The number of rotatable bonds is 5. The lowest BCUT2D eigenvalue weighted by molar-refractivity contribution is 0.191. The molecule has 0 aliphatic heterocycles. The van der Waals surface area contributed by atoms with Crippen molar-refractivity contribution in [3.63, 3.8) is 0 Å². The summed E-state index contributed by atoms with van der Waals surface area (Å²) in [7, 11) is 0. The van der Waals surface area contributed by atoms with E-state index in [-0.39, 0.29) is 0 Å². The Morgan fingerprint density at radius 2 is 2.21 bits per heavy atom. The molecule has 106 valence electrons. The quantitative estimate of drug-likeness (QED) is 0.870. The Labute approximate surface area is 118 Å². The average molecular weight is 260 g/mol. The zero-order chi connectivity index (χ0) is 13.7. The van der Waals surface area contributed by atoms with Crippen LogP contribution in [0.15, 0.2) is 24.5 Å². The third-order valence-electron chi connectivity index (χ3n) is 4.75. The van der Waals surface area contributed by atoms with Crippen molar-refractivity contribution in [1.82, 2.24) is 10.3 Å². The summed E-state index contributed by atoms with van der Waals surface area (Å²) in [5, 5.41) is 3.54. The summed E-state index contributed by atoms with van der Waals surface area (Å²) in [6.45, 7) is 9.16. The molecule has 19 heavy (non-hydrogen) atoms. The lowest BCUT2D eigenvalue weighted by atomic mass is 9.68. The topological polar surface area (TPSA) is 24.9 Å². The summed E-state index contributed by atoms with van der Waals surface area (Å²) in [5.41, 5.74) is 1.44. The number of nitrogens with one attached hydrogen (secondary N) is 1. The lowest BCUT2D eigenvalue weighted by Gasteiger charge is -2.38. The van der Waals surface area contributed by atoms with Gasteiger partial charge in [-0.05, 0) is 67.7 Å². The second-order valence-electron chi connectivity index (χ2n) is 6.28. The maximum atomic E-state index is 4.32. The summed E-state index contributed by atoms with van der Waals surface area (Å²) in [6.07, 6.45) is 8.04. The highest BCUT2D eigenvalue weighted by atomic mass is 14.8. The SMILES string of the molecule is CCNCC1CCC(C(C)C)CC1c1cccnc1. The summed E-state index contributed by atoms with van der Waals surface area (Å²) < 4.78 is 0. The zero-order valence-electron chi connectivity index (χ0n) is 12.6. The fraction of sp³-hybridized carbons (Fsp3) is 0.706. The maximum absolute atomic E-state index is 4.32. The fourth-order valence-corrected chi connectivity index (χ4v) is 3.45. The second-order valence-corrected chi connectivity index (χ2v) is 6.28. The summed E-state index contributed by atoms with van der Waals surface area (Å²) in [5.74, 6) is 3.15. The molecule has 3 atom stereocenters. The maximum Gasteiger partial charge on any atom is 0.0302 e. The highest BCUT2D eigenvalue weighted by Crippen LogP contribution is 2.42. The number of hydrogen-bond donors (Lipinski definition) is 1. The Bertz CT molecular complexity index is 361. The van der Waals surface area contributed by atoms with Gasteiger partial charge in [0.1, 0.15) is 0 Å². The van der Waals surface area contributed by atoms with Crippen molar-refractivity contribution in [3.05, 3.63) is 30.1 Å². The first-order valence-electron chi connectivity index (χ1n) is 7.83. The van der Waals surface area contributed by atoms with Crippen LogP contribution in [0.5, 0.6) is 0 Å². The van der Waals surface area contributed by atoms with Crippen LogP contribution in [0.3, 0.4) is 0 Å². The number of aromatic nitrogens is 1. The van der Waals surface area contributed by atoms with E-state index >= 15 is 0 Å². The molecule has 3 unspecified atom stereocenters. The summed E-state index contributed by atoms with van der Waals surface area (Å²) >= 11 is 0. The molecule has 1 N–H and O–H groups in total. The minimum absolute atomic E-state index is 0.689. The van der Waals surface area contributed by atoms with Gasteiger partial charge in [0.2, 0.25) is 0 Å². The van der Waals surface area contributed by atoms with E-state index in [1.165, 1.54) is 24.8 Å². The standard InChI is InChI=1S/C17H28N2/c1-4-18-11-16-8-7-14(13(2)3)10-17(16)15-6-5-9-19-12-15/h5-6,9,12-14,16-18H,4,7-8,10-11H2,1-3H3. The normalized spacial score (nSPS) is 27.7. The molecule has 1 aromatic rings. The molecule has 1 aromatic heterocycles. The molecule has 0 aromatic carbocycles. The molecule has 0 bridgehead atoms. The third kappa shape index (κ3) is 3.79.